The summed E-state index contributed by atoms with van der Waals surface area (Å²) in [5, 5.41) is 18.1. The zero-order valence-corrected chi connectivity index (χ0v) is 11.9. The number of oxime groups is 1. The molecule has 0 unspecified atom stereocenters. The molecule has 2 N–H and O–H groups in total. The van der Waals surface area contributed by atoms with E-state index in [4.69, 9.17) is 10.6 Å². The Morgan fingerprint density at radius 1 is 1.41 bits per heavy atom. The van der Waals surface area contributed by atoms with Crippen molar-refractivity contribution in [3.63, 3.8) is 0 Å². The maximum absolute atomic E-state index is 11.8. The fourth-order valence-electron chi connectivity index (χ4n) is 1.75. The third kappa shape index (κ3) is 3.26. The third-order valence-electron chi connectivity index (χ3n) is 2.83. The minimum atomic E-state index is -0.685. The van der Waals surface area contributed by atoms with Gasteiger partial charge in [-0.25, -0.2) is 4.79 Å². The number of carbonyl (C=O) groups is 1. The van der Waals surface area contributed by atoms with Crippen LogP contribution in [0.2, 0.25) is 0 Å². The Morgan fingerprint density at radius 3 is 2.55 bits per heavy atom. The van der Waals surface area contributed by atoms with E-state index in [9.17, 15) is 14.9 Å². The minimum absolute atomic E-state index is 0.0650. The highest BCUT2D eigenvalue weighted by molar-refractivity contribution is 5.98. The van der Waals surface area contributed by atoms with Gasteiger partial charge in [-0.2, -0.15) is 5.10 Å². The topological polar surface area (TPSA) is 126 Å². The molecule has 0 aliphatic heterocycles. The molecule has 0 radical (unpaired) electrons. The van der Waals surface area contributed by atoms with Crippen molar-refractivity contribution in [1.82, 2.24) is 9.78 Å². The predicted molar refractivity (Wildman–Crippen MR) is 77.2 cm³/mol. The summed E-state index contributed by atoms with van der Waals surface area (Å²) >= 11 is 0. The van der Waals surface area contributed by atoms with Crippen LogP contribution in [-0.2, 0) is 11.9 Å². The number of nitro benzene ring substituents is 1. The van der Waals surface area contributed by atoms with Crippen molar-refractivity contribution >= 4 is 17.5 Å². The molecule has 22 heavy (non-hydrogen) atoms. The van der Waals surface area contributed by atoms with Crippen LogP contribution in [0.15, 0.2) is 35.6 Å². The van der Waals surface area contributed by atoms with Crippen LogP contribution in [-0.4, -0.2) is 26.5 Å². The second kappa shape index (κ2) is 6.04. The molecular weight excluding hydrogens is 290 g/mol. The molecule has 0 saturated carbocycles. The van der Waals surface area contributed by atoms with Crippen LogP contribution >= 0.6 is 0 Å². The second-order valence-corrected chi connectivity index (χ2v) is 4.46. The first kappa shape index (κ1) is 15.2. The van der Waals surface area contributed by atoms with E-state index in [1.54, 1.807) is 14.0 Å². The summed E-state index contributed by atoms with van der Waals surface area (Å²) in [6.45, 7) is 1.67. The first-order chi connectivity index (χ1) is 10.4. The van der Waals surface area contributed by atoms with Gasteiger partial charge in [0.05, 0.1) is 10.6 Å². The molecular formula is C13H13N5O4. The van der Waals surface area contributed by atoms with E-state index < -0.39 is 10.9 Å². The van der Waals surface area contributed by atoms with Crippen LogP contribution < -0.4 is 5.73 Å². The Hall–Kier alpha value is -3.23. The molecule has 0 aliphatic carbocycles. The minimum Gasteiger partial charge on any atom is -0.380 e. The first-order valence-corrected chi connectivity index (χ1v) is 6.18. The van der Waals surface area contributed by atoms with Gasteiger partial charge in [-0.15, -0.1) is 0 Å². The highest BCUT2D eigenvalue weighted by atomic mass is 16.7. The highest BCUT2D eigenvalue weighted by Gasteiger charge is 2.14. The summed E-state index contributed by atoms with van der Waals surface area (Å²) in [6.07, 6.45) is 1.51. The zero-order valence-electron chi connectivity index (χ0n) is 11.9. The molecule has 1 heterocycles. The monoisotopic (exact) mass is 303 g/mol. The number of nitrogens with zero attached hydrogens (tertiary/aromatic N) is 4. The molecule has 0 atom stereocenters. The average Bonchev–Trinajstić information content (AvgIpc) is 2.83. The summed E-state index contributed by atoms with van der Waals surface area (Å²) in [5.41, 5.74) is 6.80. The molecule has 9 heteroatoms. The molecule has 1 aromatic heterocycles. The number of aromatic nitrogens is 2. The van der Waals surface area contributed by atoms with E-state index in [0.717, 1.165) is 0 Å². The van der Waals surface area contributed by atoms with Gasteiger partial charge in [0.1, 0.15) is 5.56 Å². The Balaban J connectivity index is 2.10. The van der Waals surface area contributed by atoms with Crippen molar-refractivity contribution in [3.05, 3.63) is 57.4 Å². The smallest absolute Gasteiger partial charge is 0.369 e. The summed E-state index contributed by atoms with van der Waals surface area (Å²) in [4.78, 5) is 26.6. The van der Waals surface area contributed by atoms with E-state index in [2.05, 4.69) is 10.3 Å². The normalized spacial score (nSPS) is 11.3. The molecule has 0 fully saturated rings. The molecule has 0 saturated heterocycles. The quantitative estimate of drug-likeness (QED) is 0.296. The SMILES string of the molecule is Cc1nn(C)cc1C(=O)O/N=C(\N)c1ccc([N+](=O)[O-])cc1. The van der Waals surface area contributed by atoms with Crippen molar-refractivity contribution in [2.24, 2.45) is 17.9 Å². The van der Waals surface area contributed by atoms with Gasteiger partial charge in [-0.1, -0.05) is 5.16 Å². The number of carbonyl (C=O) groups excluding carboxylic acids is 1. The largest absolute Gasteiger partial charge is 0.380 e. The Bertz CT molecular complexity index is 748. The molecule has 0 amide bonds. The number of hydrogen-bond acceptors (Lipinski definition) is 6. The average molecular weight is 303 g/mol. The number of amidine groups is 1. The van der Waals surface area contributed by atoms with Crippen molar-refractivity contribution in [2.45, 2.75) is 6.92 Å². The van der Waals surface area contributed by atoms with Crippen LogP contribution in [0.1, 0.15) is 21.6 Å². The lowest BCUT2D eigenvalue weighted by Crippen LogP contribution is -2.15. The van der Waals surface area contributed by atoms with E-state index >= 15 is 0 Å². The number of non-ortho nitro benzene ring substituents is 1. The lowest BCUT2D eigenvalue weighted by Gasteiger charge is -2.00. The van der Waals surface area contributed by atoms with Gasteiger partial charge in [0.15, 0.2) is 5.84 Å². The number of rotatable bonds is 4. The van der Waals surface area contributed by atoms with Crippen LogP contribution in [0, 0.1) is 17.0 Å². The first-order valence-electron chi connectivity index (χ1n) is 6.18. The maximum Gasteiger partial charge on any atom is 0.369 e. The number of benzene rings is 1. The van der Waals surface area contributed by atoms with Crippen molar-refractivity contribution in [1.29, 1.82) is 0 Å². The van der Waals surface area contributed by atoms with Crippen LogP contribution in [0.25, 0.3) is 0 Å². The van der Waals surface area contributed by atoms with Gasteiger partial charge >= 0.3 is 5.97 Å². The summed E-state index contributed by atoms with van der Waals surface area (Å²) in [7, 11) is 1.68. The van der Waals surface area contributed by atoms with Crippen molar-refractivity contribution in [3.8, 4) is 0 Å². The molecule has 114 valence electrons. The molecule has 2 aromatic rings. The molecule has 0 spiro atoms. The fourth-order valence-corrected chi connectivity index (χ4v) is 1.75. The molecule has 2 rings (SSSR count). The van der Waals surface area contributed by atoms with Gasteiger partial charge in [0.25, 0.3) is 5.69 Å². The standard InChI is InChI=1S/C13H13N5O4/c1-8-11(7-17(2)15-8)13(19)22-16-12(14)9-3-5-10(6-4-9)18(20)21/h3-7H,1-2H3,(H2,14,16). The maximum atomic E-state index is 11.8. The fraction of sp³-hybridized carbons (Fsp3) is 0.154. The number of hydrogen-bond donors (Lipinski definition) is 1. The van der Waals surface area contributed by atoms with Gasteiger partial charge in [0.2, 0.25) is 0 Å². The van der Waals surface area contributed by atoms with Crippen LogP contribution in [0.5, 0.6) is 0 Å². The van der Waals surface area contributed by atoms with Crippen LogP contribution in [0.3, 0.4) is 0 Å². The third-order valence-corrected chi connectivity index (χ3v) is 2.83. The number of nitro groups is 1. The Labute approximate surface area is 125 Å². The summed E-state index contributed by atoms with van der Waals surface area (Å²) < 4.78 is 1.48. The molecule has 0 aliphatic rings. The molecule has 9 nitrogen and oxygen atoms in total. The highest BCUT2D eigenvalue weighted by Crippen LogP contribution is 2.12. The summed E-state index contributed by atoms with van der Waals surface area (Å²) in [6, 6.07) is 5.40. The van der Waals surface area contributed by atoms with E-state index in [0.29, 0.717) is 11.3 Å². The van der Waals surface area contributed by atoms with Gasteiger partial charge in [-0.05, 0) is 19.1 Å². The van der Waals surface area contributed by atoms with Crippen molar-refractivity contribution < 1.29 is 14.6 Å². The molecule has 0 bridgehead atoms. The van der Waals surface area contributed by atoms with Gasteiger partial charge in [0, 0.05) is 30.9 Å². The lowest BCUT2D eigenvalue weighted by atomic mass is 10.2. The number of aryl methyl sites for hydroxylation is 2. The summed E-state index contributed by atoms with van der Waals surface area (Å²) in [5.74, 6) is -0.750. The van der Waals surface area contributed by atoms with E-state index in [1.165, 1.54) is 35.1 Å². The van der Waals surface area contributed by atoms with Crippen LogP contribution in [0.4, 0.5) is 5.69 Å². The van der Waals surface area contributed by atoms with Gasteiger partial charge in [-0.3, -0.25) is 14.8 Å². The second-order valence-electron chi connectivity index (χ2n) is 4.46. The zero-order chi connectivity index (χ0) is 16.3. The van der Waals surface area contributed by atoms with Gasteiger partial charge < -0.3 is 10.6 Å². The van der Waals surface area contributed by atoms with E-state index in [-0.39, 0.29) is 17.1 Å². The van der Waals surface area contributed by atoms with E-state index in [1.807, 2.05) is 0 Å². The number of nitrogens with two attached hydrogens (primary N) is 1. The Morgan fingerprint density at radius 2 is 2.05 bits per heavy atom. The Kier molecular flexibility index (Phi) is 4.16. The lowest BCUT2D eigenvalue weighted by molar-refractivity contribution is -0.384. The predicted octanol–water partition coefficient (Wildman–Crippen LogP) is 1.11. The van der Waals surface area contributed by atoms with Crippen molar-refractivity contribution in [2.75, 3.05) is 0 Å². The molecule has 1 aromatic carbocycles.